The van der Waals surface area contributed by atoms with Gasteiger partial charge in [0, 0.05) is 29.2 Å². The van der Waals surface area contributed by atoms with Crippen molar-refractivity contribution in [2.24, 2.45) is 7.05 Å². The molecular weight excluding hydrogens is 283 g/mol. The Morgan fingerprint density at radius 1 is 1.33 bits per heavy atom. The highest BCUT2D eigenvalue weighted by Gasteiger charge is 2.49. The molecular formula is C15H16F3NO2. The molecule has 1 aromatic carbocycles. The maximum atomic E-state index is 13.4. The molecule has 0 radical (unpaired) electrons. The highest BCUT2D eigenvalue weighted by Crippen LogP contribution is 2.41. The van der Waals surface area contributed by atoms with Crippen molar-refractivity contribution in [1.29, 1.82) is 0 Å². The third kappa shape index (κ3) is 2.62. The van der Waals surface area contributed by atoms with Crippen molar-refractivity contribution in [3.8, 4) is 0 Å². The van der Waals surface area contributed by atoms with Gasteiger partial charge in [-0.05, 0) is 19.9 Å². The number of carbonyl (C=O) groups excluding carboxylic acids is 1. The van der Waals surface area contributed by atoms with Gasteiger partial charge in [-0.2, -0.15) is 13.2 Å². The third-order valence-corrected chi connectivity index (χ3v) is 3.59. The monoisotopic (exact) mass is 299 g/mol. The van der Waals surface area contributed by atoms with Crippen LogP contribution in [-0.4, -0.2) is 23.3 Å². The molecule has 0 aliphatic rings. The summed E-state index contributed by atoms with van der Waals surface area (Å²) < 4.78 is 46.4. The molecule has 0 saturated heterocycles. The highest BCUT2D eigenvalue weighted by molar-refractivity contribution is 5.92. The minimum Gasteiger partial charge on any atom is -0.465 e. The lowest BCUT2D eigenvalue weighted by molar-refractivity contribution is -0.180. The van der Waals surface area contributed by atoms with Gasteiger partial charge in [0.15, 0.2) is 5.92 Å². The summed E-state index contributed by atoms with van der Waals surface area (Å²) in [6, 6.07) is 6.72. The van der Waals surface area contributed by atoms with Crippen LogP contribution in [-0.2, 0) is 16.6 Å². The molecule has 0 aliphatic heterocycles. The van der Waals surface area contributed by atoms with Crippen LogP contribution in [0.25, 0.3) is 10.9 Å². The van der Waals surface area contributed by atoms with E-state index in [9.17, 15) is 18.0 Å². The molecule has 114 valence electrons. The molecule has 0 bridgehead atoms. The maximum Gasteiger partial charge on any atom is 0.406 e. The van der Waals surface area contributed by atoms with Gasteiger partial charge >= 0.3 is 12.1 Å². The number of aromatic nitrogens is 1. The van der Waals surface area contributed by atoms with E-state index in [-0.39, 0.29) is 12.2 Å². The van der Waals surface area contributed by atoms with Crippen LogP contribution in [0.4, 0.5) is 13.2 Å². The molecule has 2 rings (SSSR count). The largest absolute Gasteiger partial charge is 0.465 e. The normalized spacial score (nSPS) is 13.4. The molecule has 0 amide bonds. The van der Waals surface area contributed by atoms with Gasteiger partial charge in [0.05, 0.1) is 6.61 Å². The van der Waals surface area contributed by atoms with Gasteiger partial charge in [0.2, 0.25) is 0 Å². The molecule has 0 aliphatic carbocycles. The lowest BCUT2D eigenvalue weighted by atomic mass is 9.95. The predicted octanol–water partition coefficient (Wildman–Crippen LogP) is 3.70. The molecule has 1 atom stereocenters. The minimum absolute atomic E-state index is 0.0287. The van der Waals surface area contributed by atoms with Gasteiger partial charge < -0.3 is 9.30 Å². The fraction of sp³-hybridized carbons (Fsp3) is 0.400. The summed E-state index contributed by atoms with van der Waals surface area (Å²) in [5.41, 5.74) is 1.04. The van der Waals surface area contributed by atoms with Crippen molar-refractivity contribution in [3.05, 3.63) is 35.5 Å². The first-order valence-corrected chi connectivity index (χ1v) is 6.56. The van der Waals surface area contributed by atoms with E-state index in [1.54, 1.807) is 42.8 Å². The van der Waals surface area contributed by atoms with Crippen LogP contribution < -0.4 is 0 Å². The number of rotatable bonds is 3. The summed E-state index contributed by atoms with van der Waals surface area (Å²) in [5, 5.41) is 0.424. The van der Waals surface area contributed by atoms with E-state index >= 15 is 0 Å². The maximum absolute atomic E-state index is 13.4. The molecule has 21 heavy (non-hydrogen) atoms. The standard InChI is InChI=1S/C15H16F3NO2/c1-4-21-14(20)13(15(16,17)18)12-9(2)19(3)11-8-6-5-7-10(11)12/h5-8,13H,4H2,1-3H3. The molecule has 1 unspecified atom stereocenters. The smallest absolute Gasteiger partial charge is 0.406 e. The van der Waals surface area contributed by atoms with E-state index in [1.165, 1.54) is 6.92 Å². The molecule has 6 heteroatoms. The molecule has 2 aromatic rings. The van der Waals surface area contributed by atoms with Gasteiger partial charge in [0.1, 0.15) is 0 Å². The van der Waals surface area contributed by atoms with Crippen LogP contribution in [0.2, 0.25) is 0 Å². The van der Waals surface area contributed by atoms with Gasteiger partial charge in [-0.3, -0.25) is 4.79 Å². The van der Waals surface area contributed by atoms with E-state index in [2.05, 4.69) is 4.74 Å². The van der Waals surface area contributed by atoms with Crippen LogP contribution in [0, 0.1) is 6.92 Å². The summed E-state index contributed by atoms with van der Waals surface area (Å²) in [7, 11) is 1.68. The fourth-order valence-electron chi connectivity index (χ4n) is 2.56. The van der Waals surface area contributed by atoms with Crippen LogP contribution in [0.3, 0.4) is 0 Å². The van der Waals surface area contributed by atoms with Crippen LogP contribution >= 0.6 is 0 Å². The number of halogens is 3. The number of hydrogen-bond donors (Lipinski definition) is 0. The zero-order valence-electron chi connectivity index (χ0n) is 12.0. The second-order valence-corrected chi connectivity index (χ2v) is 4.80. The Labute approximate surface area is 120 Å². The van der Waals surface area contributed by atoms with E-state index in [1.807, 2.05) is 0 Å². The van der Waals surface area contributed by atoms with E-state index in [0.29, 0.717) is 16.6 Å². The summed E-state index contributed by atoms with van der Waals surface area (Å²) in [6.07, 6.45) is -4.69. The number of fused-ring (bicyclic) bond motifs is 1. The van der Waals surface area contributed by atoms with Gasteiger partial charge in [-0.25, -0.2) is 0 Å². The van der Waals surface area contributed by atoms with Gasteiger partial charge in [-0.15, -0.1) is 0 Å². The van der Waals surface area contributed by atoms with Crippen molar-refractivity contribution in [3.63, 3.8) is 0 Å². The van der Waals surface area contributed by atoms with Crippen molar-refractivity contribution in [2.75, 3.05) is 6.61 Å². The summed E-state index contributed by atoms with van der Waals surface area (Å²) >= 11 is 0. The number of ether oxygens (including phenoxy) is 1. The minimum atomic E-state index is -4.69. The Hall–Kier alpha value is -1.98. The zero-order valence-corrected chi connectivity index (χ0v) is 12.0. The zero-order chi connectivity index (χ0) is 15.8. The van der Waals surface area contributed by atoms with E-state index in [0.717, 1.165) is 0 Å². The lowest BCUT2D eigenvalue weighted by Crippen LogP contribution is -2.30. The Morgan fingerprint density at radius 3 is 2.52 bits per heavy atom. The number of alkyl halides is 3. The van der Waals surface area contributed by atoms with Crippen molar-refractivity contribution < 1.29 is 22.7 Å². The molecule has 3 nitrogen and oxygen atoms in total. The number of para-hydroxylation sites is 1. The Morgan fingerprint density at radius 2 is 1.95 bits per heavy atom. The number of esters is 1. The number of aryl methyl sites for hydroxylation is 1. The SMILES string of the molecule is CCOC(=O)C(c1c(C)n(C)c2ccccc12)C(F)(F)F. The first-order chi connectivity index (χ1) is 9.79. The molecule has 0 spiro atoms. The number of nitrogens with zero attached hydrogens (tertiary/aromatic N) is 1. The first-order valence-electron chi connectivity index (χ1n) is 6.56. The average molecular weight is 299 g/mol. The number of hydrogen-bond acceptors (Lipinski definition) is 2. The van der Waals surface area contributed by atoms with Crippen LogP contribution in [0.15, 0.2) is 24.3 Å². The third-order valence-electron chi connectivity index (χ3n) is 3.59. The molecule has 0 saturated carbocycles. The van der Waals surface area contributed by atoms with Gasteiger partial charge in [-0.1, -0.05) is 18.2 Å². The molecule has 1 aromatic heterocycles. The summed E-state index contributed by atoms with van der Waals surface area (Å²) in [5.74, 6) is -3.52. The lowest BCUT2D eigenvalue weighted by Gasteiger charge is -2.19. The molecule has 1 heterocycles. The fourth-order valence-corrected chi connectivity index (χ4v) is 2.56. The van der Waals surface area contributed by atoms with Crippen molar-refractivity contribution >= 4 is 16.9 Å². The quantitative estimate of drug-likeness (QED) is 0.809. The van der Waals surface area contributed by atoms with Crippen molar-refractivity contribution in [1.82, 2.24) is 4.57 Å². The number of carbonyl (C=O) groups is 1. The summed E-state index contributed by atoms with van der Waals surface area (Å²) in [6.45, 7) is 2.98. The Balaban J connectivity index is 2.71. The predicted molar refractivity (Wildman–Crippen MR) is 73.1 cm³/mol. The van der Waals surface area contributed by atoms with Crippen LogP contribution in [0.1, 0.15) is 24.1 Å². The van der Waals surface area contributed by atoms with Crippen molar-refractivity contribution in [2.45, 2.75) is 25.9 Å². The first kappa shape index (κ1) is 15.4. The average Bonchev–Trinajstić information content (AvgIpc) is 2.64. The second-order valence-electron chi connectivity index (χ2n) is 4.80. The van der Waals surface area contributed by atoms with E-state index in [4.69, 9.17) is 0 Å². The molecule has 0 N–H and O–H groups in total. The Kier molecular flexibility index (Phi) is 3.98. The van der Waals surface area contributed by atoms with Gasteiger partial charge in [0.25, 0.3) is 0 Å². The number of benzene rings is 1. The topological polar surface area (TPSA) is 31.2 Å². The summed E-state index contributed by atoms with van der Waals surface area (Å²) in [4.78, 5) is 11.8. The van der Waals surface area contributed by atoms with E-state index < -0.39 is 18.1 Å². The Bertz CT molecular complexity index is 673. The molecule has 0 fully saturated rings. The second kappa shape index (κ2) is 5.42. The van der Waals surface area contributed by atoms with Crippen LogP contribution in [0.5, 0.6) is 0 Å². The highest BCUT2D eigenvalue weighted by atomic mass is 19.4.